The lowest BCUT2D eigenvalue weighted by Gasteiger charge is -2.09. The smallest absolute Gasteiger partial charge is 0.287 e. The van der Waals surface area contributed by atoms with E-state index in [2.05, 4.69) is 26.4 Å². The summed E-state index contributed by atoms with van der Waals surface area (Å²) in [4.78, 5) is 24.3. The van der Waals surface area contributed by atoms with Crippen molar-refractivity contribution in [3.05, 3.63) is 83.3 Å². The first-order valence-electron chi connectivity index (χ1n) is 8.89. The molecule has 0 aliphatic heterocycles. The van der Waals surface area contributed by atoms with Gasteiger partial charge < -0.3 is 0 Å². The predicted octanol–water partition coefficient (Wildman–Crippen LogP) is 2.87. The number of nitrogens with one attached hydrogen (secondary N) is 4. The minimum Gasteiger partial charge on any atom is -0.298 e. The SMILES string of the molecule is Cc1c(-c2ccccc2)n[nH]c1C(=O)NNC(=S)NC(=O)C=Cc1ccc(F)cc1. The highest BCUT2D eigenvalue weighted by Crippen LogP contribution is 2.22. The van der Waals surface area contributed by atoms with E-state index in [-0.39, 0.29) is 16.6 Å². The molecule has 1 heterocycles. The third kappa shape index (κ3) is 5.36. The van der Waals surface area contributed by atoms with E-state index in [1.54, 1.807) is 6.92 Å². The molecule has 0 aliphatic rings. The lowest BCUT2D eigenvalue weighted by atomic mass is 10.1. The van der Waals surface area contributed by atoms with Crippen LogP contribution in [0.25, 0.3) is 17.3 Å². The van der Waals surface area contributed by atoms with Crippen LogP contribution >= 0.6 is 12.2 Å². The summed E-state index contributed by atoms with van der Waals surface area (Å²) < 4.78 is 12.9. The quantitative estimate of drug-likeness (QED) is 0.294. The Bertz CT molecular complexity index is 1090. The van der Waals surface area contributed by atoms with Gasteiger partial charge in [0, 0.05) is 17.2 Å². The molecule has 0 unspecified atom stereocenters. The highest BCUT2D eigenvalue weighted by Gasteiger charge is 2.17. The molecule has 152 valence electrons. The van der Waals surface area contributed by atoms with Crippen molar-refractivity contribution in [2.75, 3.05) is 0 Å². The van der Waals surface area contributed by atoms with E-state index in [1.165, 1.54) is 36.4 Å². The van der Waals surface area contributed by atoms with Gasteiger partial charge in [-0.1, -0.05) is 42.5 Å². The van der Waals surface area contributed by atoms with Gasteiger partial charge in [-0.05, 0) is 42.9 Å². The van der Waals surface area contributed by atoms with Crippen LogP contribution in [0.3, 0.4) is 0 Å². The number of halogens is 1. The van der Waals surface area contributed by atoms with E-state index >= 15 is 0 Å². The Morgan fingerprint density at radius 2 is 1.77 bits per heavy atom. The molecule has 0 aliphatic carbocycles. The Hall–Kier alpha value is -3.85. The summed E-state index contributed by atoms with van der Waals surface area (Å²) in [6.45, 7) is 1.78. The van der Waals surface area contributed by atoms with Crippen LogP contribution in [-0.4, -0.2) is 27.1 Å². The first-order valence-corrected chi connectivity index (χ1v) is 9.30. The fraction of sp³-hybridized carbons (Fsp3) is 0.0476. The lowest BCUT2D eigenvalue weighted by Crippen LogP contribution is -2.48. The number of amides is 2. The molecule has 9 heteroatoms. The molecule has 2 amide bonds. The molecule has 0 saturated heterocycles. The molecular weight excluding hydrogens is 405 g/mol. The number of carbonyl (C=O) groups excluding carboxylic acids is 2. The summed E-state index contributed by atoms with van der Waals surface area (Å²) in [5.41, 5.74) is 8.03. The summed E-state index contributed by atoms with van der Waals surface area (Å²) in [5, 5.41) is 9.21. The average Bonchev–Trinajstić information content (AvgIpc) is 3.13. The molecule has 1 aromatic heterocycles. The van der Waals surface area contributed by atoms with E-state index < -0.39 is 11.8 Å². The molecule has 0 bridgehead atoms. The fourth-order valence-electron chi connectivity index (χ4n) is 2.60. The van der Waals surface area contributed by atoms with Crippen molar-refractivity contribution in [2.24, 2.45) is 0 Å². The number of carbonyl (C=O) groups is 2. The van der Waals surface area contributed by atoms with Gasteiger partial charge in [-0.3, -0.25) is 30.9 Å². The van der Waals surface area contributed by atoms with Gasteiger partial charge in [-0.25, -0.2) is 4.39 Å². The van der Waals surface area contributed by atoms with Gasteiger partial charge in [0.05, 0.1) is 5.69 Å². The second kappa shape index (κ2) is 9.57. The minimum absolute atomic E-state index is 0.0856. The number of thiocarbonyl (C=S) groups is 1. The van der Waals surface area contributed by atoms with Crippen LogP contribution in [0.2, 0.25) is 0 Å². The number of H-pyrrole nitrogens is 1. The third-order valence-electron chi connectivity index (χ3n) is 4.11. The lowest BCUT2D eigenvalue weighted by molar-refractivity contribution is -0.115. The maximum atomic E-state index is 12.9. The van der Waals surface area contributed by atoms with Crippen molar-refractivity contribution in [1.82, 2.24) is 26.4 Å². The second-order valence-corrected chi connectivity index (χ2v) is 6.63. The molecule has 2 aromatic carbocycles. The van der Waals surface area contributed by atoms with Crippen molar-refractivity contribution in [1.29, 1.82) is 0 Å². The van der Waals surface area contributed by atoms with Gasteiger partial charge >= 0.3 is 0 Å². The molecule has 3 rings (SSSR count). The molecule has 30 heavy (non-hydrogen) atoms. The van der Waals surface area contributed by atoms with Gasteiger partial charge in [-0.2, -0.15) is 5.10 Å². The van der Waals surface area contributed by atoms with Crippen LogP contribution in [0.1, 0.15) is 21.6 Å². The zero-order valence-electron chi connectivity index (χ0n) is 15.9. The van der Waals surface area contributed by atoms with Crippen molar-refractivity contribution in [3.8, 4) is 11.3 Å². The van der Waals surface area contributed by atoms with E-state index in [0.29, 0.717) is 16.8 Å². The Kier molecular flexibility index (Phi) is 6.66. The van der Waals surface area contributed by atoms with Crippen molar-refractivity contribution in [2.45, 2.75) is 6.92 Å². The van der Waals surface area contributed by atoms with Crippen LogP contribution in [0.5, 0.6) is 0 Å². The molecule has 0 atom stereocenters. The number of benzene rings is 2. The van der Waals surface area contributed by atoms with Crippen LogP contribution in [0.15, 0.2) is 60.7 Å². The largest absolute Gasteiger partial charge is 0.298 e. The van der Waals surface area contributed by atoms with Gasteiger partial charge in [0.25, 0.3) is 5.91 Å². The molecule has 3 aromatic rings. The van der Waals surface area contributed by atoms with Crippen LogP contribution in [0, 0.1) is 12.7 Å². The normalized spacial score (nSPS) is 10.6. The molecule has 7 nitrogen and oxygen atoms in total. The Labute approximate surface area is 177 Å². The number of nitrogens with zero attached hydrogens (tertiary/aromatic N) is 1. The van der Waals surface area contributed by atoms with Crippen molar-refractivity contribution >= 4 is 35.2 Å². The third-order valence-corrected chi connectivity index (χ3v) is 4.31. The molecular formula is C21H18FN5O2S. The molecule has 4 N–H and O–H groups in total. The first kappa shape index (κ1) is 20.9. The van der Waals surface area contributed by atoms with E-state index in [0.717, 1.165) is 5.56 Å². The number of hydrogen-bond acceptors (Lipinski definition) is 4. The van der Waals surface area contributed by atoms with Gasteiger partial charge in [0.15, 0.2) is 5.11 Å². The van der Waals surface area contributed by atoms with Crippen LogP contribution < -0.4 is 16.2 Å². The van der Waals surface area contributed by atoms with Gasteiger partial charge in [-0.15, -0.1) is 0 Å². The average molecular weight is 423 g/mol. The van der Waals surface area contributed by atoms with Crippen molar-refractivity contribution in [3.63, 3.8) is 0 Å². The summed E-state index contributed by atoms with van der Waals surface area (Å²) in [5.74, 6) is -1.35. The van der Waals surface area contributed by atoms with Gasteiger partial charge in [0.2, 0.25) is 5.91 Å². The topological polar surface area (TPSA) is 98.9 Å². The molecule has 0 spiro atoms. The fourth-order valence-corrected chi connectivity index (χ4v) is 2.75. The molecule has 0 radical (unpaired) electrons. The number of rotatable bonds is 4. The van der Waals surface area contributed by atoms with E-state index in [4.69, 9.17) is 12.2 Å². The first-order chi connectivity index (χ1) is 14.4. The number of hydrogen-bond donors (Lipinski definition) is 4. The Balaban J connectivity index is 1.52. The van der Waals surface area contributed by atoms with E-state index in [1.807, 2.05) is 30.3 Å². The van der Waals surface area contributed by atoms with Gasteiger partial charge in [0.1, 0.15) is 11.5 Å². The Morgan fingerprint density at radius 3 is 2.47 bits per heavy atom. The number of hydrazine groups is 1. The molecule has 0 saturated carbocycles. The summed E-state index contributed by atoms with van der Waals surface area (Å²) in [6.07, 6.45) is 2.75. The van der Waals surface area contributed by atoms with Crippen molar-refractivity contribution < 1.29 is 14.0 Å². The zero-order valence-corrected chi connectivity index (χ0v) is 16.7. The summed E-state index contributed by atoms with van der Waals surface area (Å²) >= 11 is 4.99. The Morgan fingerprint density at radius 1 is 1.07 bits per heavy atom. The zero-order chi connectivity index (χ0) is 21.5. The standard InChI is InChI=1S/C21H18FN5O2S/c1-13-18(15-5-3-2-4-6-15)24-25-19(13)20(29)26-27-21(30)23-17(28)12-9-14-7-10-16(22)11-8-14/h2-12H,1H3,(H,24,25)(H,26,29)(H2,23,27,28,30). The maximum absolute atomic E-state index is 12.9. The predicted molar refractivity (Wildman–Crippen MR) is 116 cm³/mol. The highest BCUT2D eigenvalue weighted by molar-refractivity contribution is 7.80. The summed E-state index contributed by atoms with van der Waals surface area (Å²) in [7, 11) is 0. The minimum atomic E-state index is -0.504. The maximum Gasteiger partial charge on any atom is 0.287 e. The summed E-state index contributed by atoms with van der Waals surface area (Å²) in [6, 6.07) is 15.1. The number of aromatic nitrogens is 2. The van der Waals surface area contributed by atoms with Crippen LogP contribution in [-0.2, 0) is 4.79 Å². The van der Waals surface area contributed by atoms with E-state index in [9.17, 15) is 14.0 Å². The number of aromatic amines is 1. The highest BCUT2D eigenvalue weighted by atomic mass is 32.1. The molecule has 0 fully saturated rings. The monoisotopic (exact) mass is 423 g/mol. The van der Waals surface area contributed by atoms with Crippen LogP contribution in [0.4, 0.5) is 4.39 Å². The second-order valence-electron chi connectivity index (χ2n) is 6.22.